The monoisotopic (exact) mass is 375 g/mol. The van der Waals surface area contributed by atoms with E-state index in [2.05, 4.69) is 39.4 Å². The summed E-state index contributed by atoms with van der Waals surface area (Å²) in [7, 11) is 1.70. The minimum atomic E-state index is 0.669. The van der Waals surface area contributed by atoms with Crippen molar-refractivity contribution in [2.75, 3.05) is 12.4 Å². The SMILES string of the molecule is COc1ccc2ccccc2c1CNc1ccc(Br)c(Cl)c1. The van der Waals surface area contributed by atoms with Gasteiger partial charge in [-0.25, -0.2) is 0 Å². The molecule has 0 radical (unpaired) electrons. The lowest BCUT2D eigenvalue weighted by atomic mass is 10.0. The summed E-state index contributed by atoms with van der Waals surface area (Å²) in [5.41, 5.74) is 2.11. The third kappa shape index (κ3) is 3.06. The van der Waals surface area contributed by atoms with Crippen molar-refractivity contribution >= 4 is 44.0 Å². The van der Waals surface area contributed by atoms with Crippen LogP contribution in [0, 0.1) is 0 Å². The minimum absolute atomic E-state index is 0.669. The highest BCUT2D eigenvalue weighted by Crippen LogP contribution is 2.30. The molecule has 4 heteroatoms. The smallest absolute Gasteiger partial charge is 0.124 e. The molecule has 0 saturated carbocycles. The van der Waals surface area contributed by atoms with Crippen LogP contribution in [0.3, 0.4) is 0 Å². The fourth-order valence-electron chi connectivity index (χ4n) is 2.49. The predicted molar refractivity (Wildman–Crippen MR) is 97.0 cm³/mol. The molecule has 2 nitrogen and oxygen atoms in total. The Balaban J connectivity index is 1.93. The lowest BCUT2D eigenvalue weighted by Gasteiger charge is -2.14. The normalized spacial score (nSPS) is 10.7. The van der Waals surface area contributed by atoms with Gasteiger partial charge in [0.15, 0.2) is 0 Å². The fourth-order valence-corrected chi connectivity index (χ4v) is 2.91. The molecule has 0 fully saturated rings. The second-order valence-electron chi connectivity index (χ2n) is 4.95. The first kappa shape index (κ1) is 15.2. The Morgan fingerprint density at radius 1 is 1.09 bits per heavy atom. The number of anilines is 1. The van der Waals surface area contributed by atoms with Crippen LogP contribution in [0.1, 0.15) is 5.56 Å². The van der Waals surface area contributed by atoms with E-state index in [0.717, 1.165) is 21.5 Å². The summed E-state index contributed by atoms with van der Waals surface area (Å²) in [6.07, 6.45) is 0. The van der Waals surface area contributed by atoms with Crippen LogP contribution in [-0.2, 0) is 6.54 Å². The van der Waals surface area contributed by atoms with Gasteiger partial charge in [0.25, 0.3) is 0 Å². The van der Waals surface area contributed by atoms with Crippen molar-refractivity contribution in [1.29, 1.82) is 0 Å². The minimum Gasteiger partial charge on any atom is -0.496 e. The lowest BCUT2D eigenvalue weighted by Crippen LogP contribution is -2.02. The van der Waals surface area contributed by atoms with E-state index in [9.17, 15) is 0 Å². The topological polar surface area (TPSA) is 21.3 Å². The van der Waals surface area contributed by atoms with Crippen LogP contribution < -0.4 is 10.1 Å². The van der Waals surface area contributed by atoms with Crippen LogP contribution in [0.5, 0.6) is 5.75 Å². The number of methoxy groups -OCH3 is 1. The summed E-state index contributed by atoms with van der Waals surface area (Å²) in [6, 6.07) is 18.2. The molecule has 0 heterocycles. The Hall–Kier alpha value is -1.71. The van der Waals surface area contributed by atoms with Gasteiger partial charge in [-0.15, -0.1) is 0 Å². The molecular formula is C18H15BrClNO. The van der Waals surface area contributed by atoms with Crippen LogP contribution in [-0.4, -0.2) is 7.11 Å². The van der Waals surface area contributed by atoms with Crippen LogP contribution >= 0.6 is 27.5 Å². The van der Waals surface area contributed by atoms with Crippen molar-refractivity contribution in [1.82, 2.24) is 0 Å². The fraction of sp³-hybridized carbons (Fsp3) is 0.111. The molecule has 0 atom stereocenters. The molecule has 3 aromatic rings. The zero-order valence-corrected chi connectivity index (χ0v) is 14.4. The maximum Gasteiger partial charge on any atom is 0.124 e. The van der Waals surface area contributed by atoms with Crippen molar-refractivity contribution in [2.24, 2.45) is 0 Å². The molecule has 1 N–H and O–H groups in total. The summed E-state index contributed by atoms with van der Waals surface area (Å²) < 4.78 is 6.40. The molecule has 0 aliphatic rings. The van der Waals surface area contributed by atoms with E-state index in [4.69, 9.17) is 16.3 Å². The van der Waals surface area contributed by atoms with E-state index in [1.54, 1.807) is 7.11 Å². The van der Waals surface area contributed by atoms with E-state index in [1.807, 2.05) is 36.4 Å². The van der Waals surface area contributed by atoms with Gasteiger partial charge < -0.3 is 10.1 Å². The summed E-state index contributed by atoms with van der Waals surface area (Å²) in [6.45, 7) is 0.669. The highest BCUT2D eigenvalue weighted by atomic mass is 79.9. The van der Waals surface area contributed by atoms with Gasteiger partial charge in [-0.2, -0.15) is 0 Å². The molecular weight excluding hydrogens is 362 g/mol. The highest BCUT2D eigenvalue weighted by molar-refractivity contribution is 9.10. The highest BCUT2D eigenvalue weighted by Gasteiger charge is 2.08. The second kappa shape index (κ2) is 6.59. The zero-order valence-electron chi connectivity index (χ0n) is 12.1. The van der Waals surface area contributed by atoms with Crippen molar-refractivity contribution in [3.05, 3.63) is 69.7 Å². The Morgan fingerprint density at radius 3 is 2.68 bits per heavy atom. The quantitative estimate of drug-likeness (QED) is 0.614. The number of hydrogen-bond acceptors (Lipinski definition) is 2. The molecule has 22 heavy (non-hydrogen) atoms. The van der Waals surface area contributed by atoms with Crippen LogP contribution in [0.4, 0.5) is 5.69 Å². The van der Waals surface area contributed by atoms with Gasteiger partial charge in [0.05, 0.1) is 12.1 Å². The number of hydrogen-bond donors (Lipinski definition) is 1. The average molecular weight is 377 g/mol. The number of benzene rings is 3. The molecule has 0 amide bonds. The first-order chi connectivity index (χ1) is 10.7. The Morgan fingerprint density at radius 2 is 1.91 bits per heavy atom. The second-order valence-corrected chi connectivity index (χ2v) is 6.21. The Kier molecular flexibility index (Phi) is 4.55. The number of nitrogens with one attached hydrogen (secondary N) is 1. The predicted octanol–water partition coefficient (Wildman–Crippen LogP) is 5.88. The molecule has 0 aliphatic heterocycles. The molecule has 0 unspecified atom stereocenters. The van der Waals surface area contributed by atoms with E-state index >= 15 is 0 Å². The van der Waals surface area contributed by atoms with Crippen LogP contribution in [0.25, 0.3) is 10.8 Å². The molecule has 3 aromatic carbocycles. The lowest BCUT2D eigenvalue weighted by molar-refractivity contribution is 0.411. The third-order valence-electron chi connectivity index (χ3n) is 3.61. The van der Waals surface area contributed by atoms with Gasteiger partial charge >= 0.3 is 0 Å². The largest absolute Gasteiger partial charge is 0.496 e. The van der Waals surface area contributed by atoms with Crippen molar-refractivity contribution < 1.29 is 4.74 Å². The summed E-state index contributed by atoms with van der Waals surface area (Å²) in [5.74, 6) is 0.884. The molecule has 0 aromatic heterocycles. The number of rotatable bonds is 4. The van der Waals surface area contributed by atoms with Crippen molar-refractivity contribution in [3.8, 4) is 5.75 Å². The molecule has 3 rings (SSSR count). The number of fused-ring (bicyclic) bond motifs is 1. The Bertz CT molecular complexity index is 819. The summed E-state index contributed by atoms with van der Waals surface area (Å²) in [4.78, 5) is 0. The molecule has 0 saturated heterocycles. The standard InChI is InChI=1S/C18H15BrClNO/c1-22-18-9-6-12-4-2-3-5-14(12)15(18)11-21-13-7-8-16(19)17(20)10-13/h2-10,21H,11H2,1H3. The molecule has 0 bridgehead atoms. The third-order valence-corrected chi connectivity index (χ3v) is 4.84. The summed E-state index contributed by atoms with van der Waals surface area (Å²) in [5, 5.41) is 6.50. The van der Waals surface area contributed by atoms with Crippen molar-refractivity contribution in [2.45, 2.75) is 6.54 Å². The van der Waals surface area contributed by atoms with Gasteiger partial charge in [-0.1, -0.05) is 41.9 Å². The molecule has 112 valence electrons. The average Bonchev–Trinajstić information content (AvgIpc) is 2.55. The van der Waals surface area contributed by atoms with Gasteiger partial charge in [0.2, 0.25) is 0 Å². The van der Waals surface area contributed by atoms with Gasteiger partial charge in [-0.3, -0.25) is 0 Å². The van der Waals surface area contributed by atoms with Crippen LogP contribution in [0.2, 0.25) is 5.02 Å². The first-order valence-electron chi connectivity index (χ1n) is 6.92. The summed E-state index contributed by atoms with van der Waals surface area (Å²) >= 11 is 9.54. The number of halogens is 2. The molecule has 0 spiro atoms. The van der Waals surface area contributed by atoms with Gasteiger partial charge in [-0.05, 0) is 51.0 Å². The Labute approximate surface area is 143 Å². The van der Waals surface area contributed by atoms with E-state index < -0.39 is 0 Å². The van der Waals surface area contributed by atoms with E-state index in [1.165, 1.54) is 10.8 Å². The van der Waals surface area contributed by atoms with Crippen molar-refractivity contribution in [3.63, 3.8) is 0 Å². The van der Waals surface area contributed by atoms with Gasteiger partial charge in [0.1, 0.15) is 5.75 Å². The molecule has 0 aliphatic carbocycles. The van der Waals surface area contributed by atoms with Gasteiger partial charge in [0, 0.05) is 22.3 Å². The maximum atomic E-state index is 6.14. The van der Waals surface area contributed by atoms with E-state index in [0.29, 0.717) is 11.6 Å². The maximum absolute atomic E-state index is 6.14. The number of ether oxygens (including phenoxy) is 1. The zero-order chi connectivity index (χ0) is 15.5. The van der Waals surface area contributed by atoms with Crippen LogP contribution in [0.15, 0.2) is 59.1 Å². The first-order valence-corrected chi connectivity index (χ1v) is 8.09. The van der Waals surface area contributed by atoms with E-state index in [-0.39, 0.29) is 0 Å².